The average Bonchev–Trinajstić information content (AvgIpc) is 1.88. The predicted molar refractivity (Wildman–Crippen MR) is 57.4 cm³/mol. The first-order valence-electron chi connectivity index (χ1n) is 3.88. The van der Waals surface area contributed by atoms with Gasteiger partial charge < -0.3 is 0 Å². The SMILES string of the molecule is Br.C[CH2][Mg][c]1cccc(C)c1. The maximum Gasteiger partial charge on any atom is 0.408 e. The van der Waals surface area contributed by atoms with Gasteiger partial charge in [-0.1, -0.05) is 36.8 Å². The zero-order valence-corrected chi connectivity index (χ0v) is 10.3. The summed E-state index contributed by atoms with van der Waals surface area (Å²) in [6.45, 7) is 4.43. The minimum Gasteiger partial charge on any atom is -0.174 e. The van der Waals surface area contributed by atoms with Gasteiger partial charge in [-0.25, -0.2) is 0 Å². The van der Waals surface area contributed by atoms with Gasteiger partial charge in [-0.3, -0.25) is 0 Å². The maximum absolute atomic E-state index is 2.32. The highest BCUT2D eigenvalue weighted by molar-refractivity contribution is 8.93. The van der Waals surface area contributed by atoms with Crippen molar-refractivity contribution in [3.05, 3.63) is 29.8 Å². The summed E-state index contributed by atoms with van der Waals surface area (Å²) in [6.07, 6.45) is 0. The summed E-state index contributed by atoms with van der Waals surface area (Å²) >= 11 is 0.0776. The molecule has 0 nitrogen and oxygen atoms in total. The zero-order valence-electron chi connectivity index (χ0n) is 7.13. The van der Waals surface area contributed by atoms with Crippen molar-refractivity contribution in [2.75, 3.05) is 0 Å². The van der Waals surface area contributed by atoms with Crippen molar-refractivity contribution in [1.82, 2.24) is 0 Å². The summed E-state index contributed by atoms with van der Waals surface area (Å²) in [4.78, 5) is 0. The van der Waals surface area contributed by atoms with E-state index in [1.54, 1.807) is 3.69 Å². The molecule has 2 heteroatoms. The van der Waals surface area contributed by atoms with E-state index in [0.29, 0.717) is 0 Å². The van der Waals surface area contributed by atoms with Crippen LogP contribution in [0.2, 0.25) is 4.55 Å². The van der Waals surface area contributed by atoms with Gasteiger partial charge in [0.1, 0.15) is 0 Å². The van der Waals surface area contributed by atoms with Crippen molar-refractivity contribution >= 4 is 41.0 Å². The van der Waals surface area contributed by atoms with Crippen molar-refractivity contribution in [1.29, 1.82) is 0 Å². The summed E-state index contributed by atoms with van der Waals surface area (Å²) in [5.41, 5.74) is 1.40. The van der Waals surface area contributed by atoms with Crippen LogP contribution in [0.5, 0.6) is 0 Å². The van der Waals surface area contributed by atoms with Crippen LogP contribution in [-0.4, -0.2) is 20.4 Å². The van der Waals surface area contributed by atoms with E-state index in [4.69, 9.17) is 0 Å². The van der Waals surface area contributed by atoms with E-state index >= 15 is 0 Å². The fourth-order valence-electron chi connectivity index (χ4n) is 1.16. The van der Waals surface area contributed by atoms with Gasteiger partial charge in [0.2, 0.25) is 0 Å². The lowest BCUT2D eigenvalue weighted by Gasteiger charge is -1.97. The van der Waals surface area contributed by atoms with Crippen LogP contribution in [0.25, 0.3) is 0 Å². The molecule has 1 aromatic carbocycles. The first-order valence-corrected chi connectivity index (χ1v) is 5.59. The Hall–Kier alpha value is 0.466. The monoisotopic (exact) mass is 224 g/mol. The molecular weight excluding hydrogens is 212 g/mol. The fraction of sp³-hybridized carbons (Fsp3) is 0.333. The molecule has 0 atom stereocenters. The van der Waals surface area contributed by atoms with Crippen LogP contribution in [0, 0.1) is 6.92 Å². The van der Waals surface area contributed by atoms with Crippen LogP contribution >= 0.6 is 17.0 Å². The van der Waals surface area contributed by atoms with E-state index in [2.05, 4.69) is 38.1 Å². The fourth-order valence-corrected chi connectivity index (χ4v) is 2.50. The zero-order chi connectivity index (χ0) is 7.40. The second-order valence-electron chi connectivity index (χ2n) is 2.74. The molecule has 0 N–H and O–H groups in total. The Morgan fingerprint density at radius 1 is 1.36 bits per heavy atom. The highest BCUT2D eigenvalue weighted by Crippen LogP contribution is 1.92. The number of halogens is 1. The Kier molecular flexibility index (Phi) is 6.29. The number of rotatable bonds is 2. The molecule has 1 rings (SSSR count). The Morgan fingerprint density at radius 3 is 2.64 bits per heavy atom. The predicted octanol–water partition coefficient (Wildman–Crippen LogP) is 2.34. The molecule has 0 aliphatic carbocycles. The molecule has 0 bridgehead atoms. The molecule has 11 heavy (non-hydrogen) atoms. The van der Waals surface area contributed by atoms with Crippen LogP contribution in [0.1, 0.15) is 12.5 Å². The van der Waals surface area contributed by atoms with Crippen molar-refractivity contribution in [3.63, 3.8) is 0 Å². The Bertz CT molecular complexity index is 210. The third kappa shape index (κ3) is 4.14. The molecule has 0 radical (unpaired) electrons. The van der Waals surface area contributed by atoms with Crippen LogP contribution in [0.3, 0.4) is 0 Å². The first-order chi connectivity index (χ1) is 4.83. The van der Waals surface area contributed by atoms with Gasteiger partial charge in [-0.2, -0.15) is 3.69 Å². The standard InChI is InChI=1S/C7H7.C2H5.BrH.Mg/c1-7-5-3-2-4-6-7;1-2;;/h2-3,5-6H,1H3;1H2,2H3;1H;. The highest BCUT2D eigenvalue weighted by atomic mass is 79.9. The summed E-state index contributed by atoms with van der Waals surface area (Å²) in [7, 11) is 0. The third-order valence-corrected chi connectivity index (χ3v) is 3.14. The molecule has 0 saturated heterocycles. The van der Waals surface area contributed by atoms with Crippen LogP contribution in [-0.2, 0) is 0 Å². The number of hydrogen-bond acceptors (Lipinski definition) is 0. The number of hydrogen-bond donors (Lipinski definition) is 0. The van der Waals surface area contributed by atoms with Gasteiger partial charge >= 0.3 is 20.4 Å². The van der Waals surface area contributed by atoms with Crippen molar-refractivity contribution in [3.8, 4) is 0 Å². The molecule has 58 valence electrons. The molecule has 1 aromatic rings. The first kappa shape index (κ1) is 11.5. The topological polar surface area (TPSA) is 0 Å². The van der Waals surface area contributed by atoms with E-state index in [-0.39, 0.29) is 37.3 Å². The molecule has 0 heterocycles. The summed E-state index contributed by atoms with van der Waals surface area (Å²) < 4.78 is 2.98. The van der Waals surface area contributed by atoms with E-state index < -0.39 is 0 Å². The van der Waals surface area contributed by atoms with E-state index in [9.17, 15) is 0 Å². The number of aryl methyl sites for hydroxylation is 1. The molecule has 0 unspecified atom stereocenters. The Morgan fingerprint density at radius 2 is 2.09 bits per heavy atom. The summed E-state index contributed by atoms with van der Waals surface area (Å²) in [5.74, 6) is 0. The molecule has 0 aromatic heterocycles. The van der Waals surface area contributed by atoms with E-state index in [1.165, 1.54) is 10.1 Å². The average molecular weight is 225 g/mol. The molecule has 0 fully saturated rings. The van der Waals surface area contributed by atoms with Gasteiger partial charge in [0.05, 0.1) is 0 Å². The molecule has 0 saturated carbocycles. The minimum absolute atomic E-state index is 0. The van der Waals surface area contributed by atoms with Crippen LogP contribution in [0.15, 0.2) is 24.3 Å². The molecule has 0 spiro atoms. The maximum atomic E-state index is 2.32. The molecular formula is C9H13BrMg. The van der Waals surface area contributed by atoms with Crippen molar-refractivity contribution in [2.45, 2.75) is 18.4 Å². The van der Waals surface area contributed by atoms with E-state index in [1.807, 2.05) is 0 Å². The summed E-state index contributed by atoms with van der Waals surface area (Å²) in [5, 5.41) is 0. The summed E-state index contributed by atoms with van der Waals surface area (Å²) in [6, 6.07) is 8.89. The lowest BCUT2D eigenvalue weighted by atomic mass is 10.2. The van der Waals surface area contributed by atoms with Gasteiger partial charge in [-0.05, 0) is 6.92 Å². The molecule has 0 amide bonds. The largest absolute Gasteiger partial charge is 0.408 e. The van der Waals surface area contributed by atoms with Crippen LogP contribution in [0.4, 0.5) is 0 Å². The number of benzene rings is 1. The smallest absolute Gasteiger partial charge is 0.174 e. The second kappa shape index (κ2) is 6.03. The van der Waals surface area contributed by atoms with Crippen LogP contribution < -0.4 is 3.69 Å². The Balaban J connectivity index is 0.000001000. The van der Waals surface area contributed by atoms with Gasteiger partial charge in [0.15, 0.2) is 0 Å². The lowest BCUT2D eigenvalue weighted by Crippen LogP contribution is -2.11. The van der Waals surface area contributed by atoms with Gasteiger partial charge in [-0.15, -0.1) is 21.5 Å². The van der Waals surface area contributed by atoms with Crippen molar-refractivity contribution < 1.29 is 0 Å². The Labute approximate surface area is 88.9 Å². The third-order valence-electron chi connectivity index (χ3n) is 1.62. The molecule has 0 aliphatic rings. The van der Waals surface area contributed by atoms with Gasteiger partial charge in [0.25, 0.3) is 0 Å². The van der Waals surface area contributed by atoms with Crippen molar-refractivity contribution in [2.24, 2.45) is 0 Å². The second-order valence-corrected chi connectivity index (χ2v) is 5.06. The minimum atomic E-state index is 0. The normalized spacial score (nSPS) is 8.18. The van der Waals surface area contributed by atoms with Gasteiger partial charge in [0, 0.05) is 0 Å². The molecule has 0 aliphatic heterocycles. The quantitative estimate of drug-likeness (QED) is 0.678. The lowest BCUT2D eigenvalue weighted by molar-refractivity contribution is 1.45. The van der Waals surface area contributed by atoms with E-state index in [0.717, 1.165) is 0 Å². The highest BCUT2D eigenvalue weighted by Gasteiger charge is 1.94.